The van der Waals surface area contributed by atoms with Gasteiger partial charge in [0.1, 0.15) is 5.60 Å². The largest absolute Gasteiger partial charge is 0.450 e. The van der Waals surface area contributed by atoms with Crippen molar-refractivity contribution in [3.63, 3.8) is 0 Å². The number of pyridine rings is 1. The molecule has 152 valence electrons. The van der Waals surface area contributed by atoms with E-state index in [0.29, 0.717) is 36.4 Å². The van der Waals surface area contributed by atoms with Crippen LogP contribution in [0.4, 0.5) is 0 Å². The summed E-state index contributed by atoms with van der Waals surface area (Å²) >= 11 is 1.42. The van der Waals surface area contributed by atoms with Gasteiger partial charge in [0.15, 0.2) is 5.17 Å². The van der Waals surface area contributed by atoms with Crippen molar-refractivity contribution in [2.24, 2.45) is 4.99 Å². The number of carbonyl (C=O) groups is 2. The molecular formula is C23H21N3O3S. The summed E-state index contributed by atoms with van der Waals surface area (Å²) in [5, 5.41) is 0.724. The lowest BCUT2D eigenvalue weighted by Crippen LogP contribution is -2.44. The molecular weight excluding hydrogens is 398 g/mol. The van der Waals surface area contributed by atoms with Crippen molar-refractivity contribution in [3.05, 3.63) is 69.9 Å². The van der Waals surface area contributed by atoms with E-state index in [0.717, 1.165) is 27.6 Å². The van der Waals surface area contributed by atoms with Gasteiger partial charge >= 0.3 is 5.97 Å². The third-order valence-corrected chi connectivity index (χ3v) is 7.25. The number of likely N-dealkylation sites (tertiary alicyclic amines) is 1. The Morgan fingerprint density at radius 2 is 1.90 bits per heavy atom. The van der Waals surface area contributed by atoms with Gasteiger partial charge in [-0.1, -0.05) is 24.3 Å². The number of hydrogen-bond donors (Lipinski definition) is 0. The highest BCUT2D eigenvalue weighted by Gasteiger charge is 2.48. The molecule has 0 saturated carbocycles. The summed E-state index contributed by atoms with van der Waals surface area (Å²) < 4.78 is 5.82. The van der Waals surface area contributed by atoms with Crippen molar-refractivity contribution >= 4 is 34.4 Å². The van der Waals surface area contributed by atoms with Gasteiger partial charge in [-0.05, 0) is 48.9 Å². The summed E-state index contributed by atoms with van der Waals surface area (Å²) in [6.07, 6.45) is 3.16. The molecule has 6 nitrogen and oxygen atoms in total. The standard InChI is InChI=1S/C23H21N3O3S/c1-14-7-8-16(13-24-14)15(2)19-20(27)25-22(30-19)26-11-9-23(10-12-26)18-6-4-3-5-17(18)21(28)29-23/h3-8,13H,9-12H2,1-2H3/b19-15-. The van der Waals surface area contributed by atoms with Crippen LogP contribution in [-0.2, 0) is 15.1 Å². The third-order valence-electron chi connectivity index (χ3n) is 6.04. The molecule has 0 bridgehead atoms. The summed E-state index contributed by atoms with van der Waals surface area (Å²) in [7, 11) is 0. The highest BCUT2D eigenvalue weighted by molar-refractivity contribution is 8.18. The van der Waals surface area contributed by atoms with Crippen LogP contribution in [0.2, 0.25) is 0 Å². The predicted molar refractivity (Wildman–Crippen MR) is 116 cm³/mol. The van der Waals surface area contributed by atoms with Crippen LogP contribution in [0.3, 0.4) is 0 Å². The van der Waals surface area contributed by atoms with Crippen LogP contribution >= 0.6 is 11.8 Å². The lowest BCUT2D eigenvalue weighted by molar-refractivity contribution is -0.113. The van der Waals surface area contributed by atoms with Crippen LogP contribution in [0, 0.1) is 6.92 Å². The van der Waals surface area contributed by atoms with Crippen LogP contribution in [0.15, 0.2) is 52.5 Å². The Hall–Kier alpha value is -2.93. The number of piperidine rings is 1. The Morgan fingerprint density at radius 3 is 2.63 bits per heavy atom. The van der Waals surface area contributed by atoms with Gasteiger partial charge in [-0.25, -0.2) is 4.79 Å². The van der Waals surface area contributed by atoms with Crippen molar-refractivity contribution in [1.82, 2.24) is 9.88 Å². The van der Waals surface area contributed by atoms with Gasteiger partial charge in [0, 0.05) is 43.4 Å². The van der Waals surface area contributed by atoms with Crippen molar-refractivity contribution in [1.29, 1.82) is 0 Å². The number of amidine groups is 1. The maximum atomic E-state index is 12.6. The molecule has 5 rings (SSSR count). The highest BCUT2D eigenvalue weighted by Crippen LogP contribution is 2.45. The van der Waals surface area contributed by atoms with Crippen LogP contribution in [0.25, 0.3) is 5.57 Å². The van der Waals surface area contributed by atoms with Crippen molar-refractivity contribution in [2.75, 3.05) is 13.1 Å². The molecule has 1 aromatic carbocycles. The van der Waals surface area contributed by atoms with E-state index in [4.69, 9.17) is 4.74 Å². The molecule has 0 atom stereocenters. The minimum Gasteiger partial charge on any atom is -0.450 e. The van der Waals surface area contributed by atoms with E-state index in [2.05, 4.69) is 14.9 Å². The molecule has 3 aliphatic heterocycles. The number of thioether (sulfide) groups is 1. The highest BCUT2D eigenvalue weighted by atomic mass is 32.2. The Morgan fingerprint density at radius 1 is 1.13 bits per heavy atom. The van der Waals surface area contributed by atoms with Crippen molar-refractivity contribution < 1.29 is 14.3 Å². The monoisotopic (exact) mass is 419 g/mol. The average molecular weight is 420 g/mol. The van der Waals surface area contributed by atoms with Gasteiger partial charge in [-0.2, -0.15) is 4.99 Å². The lowest BCUT2D eigenvalue weighted by atomic mass is 9.84. The zero-order valence-electron chi connectivity index (χ0n) is 16.8. The number of aliphatic imine (C=N–C) groups is 1. The zero-order valence-corrected chi connectivity index (χ0v) is 17.7. The fourth-order valence-electron chi connectivity index (χ4n) is 4.26. The first-order valence-corrected chi connectivity index (χ1v) is 10.8. The fourth-order valence-corrected chi connectivity index (χ4v) is 5.29. The zero-order chi connectivity index (χ0) is 20.9. The molecule has 30 heavy (non-hydrogen) atoms. The molecule has 7 heteroatoms. The maximum Gasteiger partial charge on any atom is 0.339 e. The maximum absolute atomic E-state index is 12.6. The molecule has 1 fully saturated rings. The van der Waals surface area contributed by atoms with E-state index in [9.17, 15) is 9.59 Å². The van der Waals surface area contributed by atoms with Crippen LogP contribution in [0.1, 0.15) is 46.9 Å². The van der Waals surface area contributed by atoms with E-state index in [-0.39, 0.29) is 11.9 Å². The van der Waals surface area contributed by atoms with Gasteiger partial charge in [0.05, 0.1) is 10.5 Å². The lowest BCUT2D eigenvalue weighted by Gasteiger charge is -2.39. The quantitative estimate of drug-likeness (QED) is 0.516. The first-order valence-electron chi connectivity index (χ1n) is 9.99. The molecule has 1 aromatic heterocycles. The van der Waals surface area contributed by atoms with Gasteiger partial charge in [0.2, 0.25) is 0 Å². The van der Waals surface area contributed by atoms with Crippen molar-refractivity contribution in [3.8, 4) is 0 Å². The third kappa shape index (κ3) is 3.04. The van der Waals surface area contributed by atoms with E-state index < -0.39 is 5.60 Å². The normalized spacial score (nSPS) is 21.5. The number of esters is 1. The second kappa shape index (κ2) is 7.09. The van der Waals surface area contributed by atoms with Gasteiger partial charge in [-0.3, -0.25) is 9.78 Å². The Kier molecular flexibility index (Phi) is 4.50. The van der Waals surface area contributed by atoms with Crippen LogP contribution in [-0.4, -0.2) is 40.0 Å². The van der Waals surface area contributed by atoms with Gasteiger partial charge in [-0.15, -0.1) is 0 Å². The van der Waals surface area contributed by atoms with E-state index >= 15 is 0 Å². The number of allylic oxidation sites excluding steroid dienone is 1. The summed E-state index contributed by atoms with van der Waals surface area (Å²) in [5.41, 5.74) is 3.86. The topological polar surface area (TPSA) is 71.9 Å². The first-order chi connectivity index (χ1) is 14.5. The second-order valence-electron chi connectivity index (χ2n) is 7.86. The molecule has 1 saturated heterocycles. The Bertz CT molecular complexity index is 1110. The number of aromatic nitrogens is 1. The molecule has 3 aliphatic rings. The van der Waals surface area contributed by atoms with Gasteiger partial charge in [0.25, 0.3) is 5.91 Å². The number of ether oxygens (including phenoxy) is 1. The molecule has 4 heterocycles. The van der Waals surface area contributed by atoms with E-state index in [1.54, 1.807) is 6.20 Å². The number of nitrogens with zero attached hydrogens (tertiary/aromatic N) is 3. The first kappa shape index (κ1) is 19.1. The number of benzene rings is 1. The summed E-state index contributed by atoms with van der Waals surface area (Å²) in [6.45, 7) is 5.23. The number of rotatable bonds is 1. The molecule has 1 amide bonds. The molecule has 0 radical (unpaired) electrons. The summed E-state index contributed by atoms with van der Waals surface area (Å²) in [4.78, 5) is 36.3. The SMILES string of the molecule is C/C(=C1/SC(N2CCC3(CC2)OC(=O)c2ccccc23)=NC1=O)c1ccc(C)nc1. The fraction of sp³-hybridized carbons (Fsp3) is 0.304. The van der Waals surface area contributed by atoms with Crippen molar-refractivity contribution in [2.45, 2.75) is 32.3 Å². The molecule has 0 unspecified atom stereocenters. The average Bonchev–Trinajstić information content (AvgIpc) is 3.27. The summed E-state index contributed by atoms with van der Waals surface area (Å²) in [5.74, 6) is -0.444. The molecule has 2 aromatic rings. The minimum atomic E-state index is -0.555. The number of fused-ring (bicyclic) bond motifs is 2. The Labute approximate surface area is 179 Å². The molecule has 0 aliphatic carbocycles. The smallest absolute Gasteiger partial charge is 0.339 e. The minimum absolute atomic E-state index is 0.203. The van der Waals surface area contributed by atoms with Crippen LogP contribution in [0.5, 0.6) is 0 Å². The molecule has 0 N–H and O–H groups in total. The van der Waals surface area contributed by atoms with Crippen LogP contribution < -0.4 is 0 Å². The van der Waals surface area contributed by atoms with E-state index in [1.165, 1.54) is 11.8 Å². The summed E-state index contributed by atoms with van der Waals surface area (Å²) in [6, 6.07) is 11.5. The number of aryl methyl sites for hydroxylation is 1. The molecule has 1 spiro atoms. The second-order valence-corrected chi connectivity index (χ2v) is 8.84. The number of amides is 1. The van der Waals surface area contributed by atoms with E-state index in [1.807, 2.05) is 50.2 Å². The predicted octanol–water partition coefficient (Wildman–Crippen LogP) is 3.91. The number of hydrogen-bond acceptors (Lipinski definition) is 6. The van der Waals surface area contributed by atoms with Gasteiger partial charge < -0.3 is 9.64 Å². The Balaban J connectivity index is 1.33. The number of carbonyl (C=O) groups excluding carboxylic acids is 2.